The molecule has 0 aromatic heterocycles. The lowest BCUT2D eigenvalue weighted by atomic mass is 10.7. The number of rotatable bonds is 3. The summed E-state index contributed by atoms with van der Waals surface area (Å²) in [7, 11) is -3.23. The molecule has 0 saturated heterocycles. The molecule has 0 bridgehead atoms. The highest BCUT2D eigenvalue weighted by Gasteiger charge is 2.22. The second-order valence-electron chi connectivity index (χ2n) is 1.32. The Labute approximate surface area is 57.5 Å². The summed E-state index contributed by atoms with van der Waals surface area (Å²) in [6.07, 6.45) is 0. The van der Waals surface area contributed by atoms with Crippen molar-refractivity contribution in [1.82, 2.24) is 0 Å². The average Bonchev–Trinajstić information content (AvgIpc) is 1.87. The van der Waals surface area contributed by atoms with Gasteiger partial charge in [0.15, 0.2) is 0 Å². The van der Waals surface area contributed by atoms with Gasteiger partial charge in [0.2, 0.25) is 0 Å². The van der Waals surface area contributed by atoms with Gasteiger partial charge in [-0.2, -0.15) is 0 Å². The minimum atomic E-state index is -4.18. The Hall–Kier alpha value is -0.420. The molecule has 0 fully saturated rings. The highest BCUT2D eigenvalue weighted by atomic mass is 31.2. The van der Waals surface area contributed by atoms with Gasteiger partial charge in [-0.3, -0.25) is 14.2 Å². The molecular formula is C3H8NO5P. The fraction of sp³-hybridized carbons (Fsp3) is 0.667. The van der Waals surface area contributed by atoms with Crippen molar-refractivity contribution in [2.24, 2.45) is 5.73 Å². The quantitative estimate of drug-likeness (QED) is 0.538. The van der Waals surface area contributed by atoms with Crippen molar-refractivity contribution in [2.75, 3.05) is 13.7 Å². The number of phosphoric acid groups is 1. The predicted molar refractivity (Wildman–Crippen MR) is 32.0 cm³/mol. The van der Waals surface area contributed by atoms with Crippen LogP contribution >= 0.6 is 7.82 Å². The molecule has 0 spiro atoms. The van der Waals surface area contributed by atoms with E-state index in [1.54, 1.807) is 0 Å². The van der Waals surface area contributed by atoms with Crippen LogP contribution in [0.2, 0.25) is 0 Å². The van der Waals surface area contributed by atoms with E-state index in [9.17, 15) is 9.36 Å². The van der Waals surface area contributed by atoms with Crippen LogP contribution < -0.4 is 5.73 Å². The fourth-order valence-corrected chi connectivity index (χ4v) is 0.610. The van der Waals surface area contributed by atoms with Gasteiger partial charge in [-0.05, 0) is 0 Å². The molecule has 0 heterocycles. The van der Waals surface area contributed by atoms with Gasteiger partial charge >= 0.3 is 13.8 Å². The Balaban J connectivity index is 3.89. The number of carbonyl (C=O) groups excluding carboxylic acids is 1. The Morgan fingerprint density at radius 2 is 2.30 bits per heavy atom. The van der Waals surface area contributed by atoms with Crippen molar-refractivity contribution in [3.05, 3.63) is 0 Å². The molecule has 0 aromatic rings. The summed E-state index contributed by atoms with van der Waals surface area (Å²) in [6, 6.07) is 0. The van der Waals surface area contributed by atoms with Crippen molar-refractivity contribution in [2.45, 2.75) is 0 Å². The van der Waals surface area contributed by atoms with Gasteiger partial charge in [0, 0.05) is 7.11 Å². The van der Waals surface area contributed by atoms with E-state index in [0.717, 1.165) is 7.11 Å². The Morgan fingerprint density at radius 3 is 2.60 bits per heavy atom. The topological polar surface area (TPSA) is 98.9 Å². The highest BCUT2D eigenvalue weighted by molar-refractivity contribution is 7.48. The van der Waals surface area contributed by atoms with Gasteiger partial charge in [-0.25, -0.2) is 4.57 Å². The van der Waals surface area contributed by atoms with Crippen molar-refractivity contribution < 1.29 is 23.3 Å². The van der Waals surface area contributed by atoms with Crippen molar-refractivity contribution in [3.8, 4) is 0 Å². The van der Waals surface area contributed by atoms with E-state index in [-0.39, 0.29) is 0 Å². The molecule has 3 N–H and O–H groups in total. The summed E-state index contributed by atoms with van der Waals surface area (Å²) in [5, 5.41) is 0. The van der Waals surface area contributed by atoms with Crippen molar-refractivity contribution in [1.29, 1.82) is 0 Å². The first-order chi connectivity index (χ1) is 4.52. The Bertz CT molecular complexity index is 168. The molecule has 60 valence electrons. The van der Waals surface area contributed by atoms with Crippen LogP contribution in [0.4, 0.5) is 0 Å². The standard InChI is InChI=1S/C3H8NO5P/c1-8-10(6,7)9-3(5)2-4/h2,4H2,1H3,(H,6,7). The monoisotopic (exact) mass is 169 g/mol. The Morgan fingerprint density at radius 1 is 1.80 bits per heavy atom. The summed E-state index contributed by atoms with van der Waals surface area (Å²) >= 11 is 0. The molecule has 0 aliphatic heterocycles. The molecule has 0 aliphatic rings. The molecule has 0 amide bonds. The second-order valence-corrected chi connectivity index (χ2v) is 2.80. The highest BCUT2D eigenvalue weighted by Crippen LogP contribution is 2.41. The molecular weight excluding hydrogens is 161 g/mol. The normalized spacial score (nSPS) is 15.9. The maximum atomic E-state index is 10.4. The zero-order chi connectivity index (χ0) is 8.20. The molecule has 10 heavy (non-hydrogen) atoms. The number of phosphoric ester groups is 1. The van der Waals surface area contributed by atoms with E-state index < -0.39 is 20.3 Å². The van der Waals surface area contributed by atoms with Gasteiger partial charge in [0.25, 0.3) is 0 Å². The number of nitrogens with two attached hydrogens (primary N) is 1. The van der Waals surface area contributed by atoms with Crippen LogP contribution in [0.3, 0.4) is 0 Å². The molecule has 0 aliphatic carbocycles. The van der Waals surface area contributed by atoms with Crippen LogP contribution in [0.5, 0.6) is 0 Å². The molecule has 0 saturated carbocycles. The Kier molecular flexibility index (Phi) is 3.52. The van der Waals surface area contributed by atoms with E-state index >= 15 is 0 Å². The molecule has 0 radical (unpaired) electrons. The lowest BCUT2D eigenvalue weighted by Gasteiger charge is -2.06. The minimum Gasteiger partial charge on any atom is -0.370 e. The predicted octanol–water partition coefficient (Wildman–Crippen LogP) is -0.765. The SMILES string of the molecule is COP(=O)(O)OC(=O)CN. The van der Waals surface area contributed by atoms with Crippen LogP contribution in [-0.2, 0) is 18.4 Å². The van der Waals surface area contributed by atoms with E-state index in [1.165, 1.54) is 0 Å². The van der Waals surface area contributed by atoms with Crippen LogP contribution in [-0.4, -0.2) is 24.5 Å². The third kappa shape index (κ3) is 3.58. The number of hydrogen-bond acceptors (Lipinski definition) is 5. The maximum Gasteiger partial charge on any atom is 0.529 e. The summed E-state index contributed by atoms with van der Waals surface area (Å²) < 4.78 is 18.2. The first-order valence-electron chi connectivity index (χ1n) is 2.33. The van der Waals surface area contributed by atoms with Crippen LogP contribution in [0, 0.1) is 0 Å². The van der Waals surface area contributed by atoms with Gasteiger partial charge < -0.3 is 10.3 Å². The second kappa shape index (κ2) is 3.68. The summed E-state index contributed by atoms with van der Waals surface area (Å²) in [6.45, 7) is -0.450. The zero-order valence-corrected chi connectivity index (χ0v) is 6.21. The first-order valence-corrected chi connectivity index (χ1v) is 3.82. The molecule has 1 unspecified atom stereocenters. The summed E-state index contributed by atoms with van der Waals surface area (Å²) in [5.41, 5.74) is 4.77. The third-order valence-electron chi connectivity index (χ3n) is 0.615. The first kappa shape index (κ1) is 9.58. The van der Waals surface area contributed by atoms with Gasteiger partial charge in [0.1, 0.15) is 0 Å². The van der Waals surface area contributed by atoms with E-state index in [0.29, 0.717) is 0 Å². The van der Waals surface area contributed by atoms with E-state index in [2.05, 4.69) is 9.05 Å². The molecule has 0 rings (SSSR count). The molecule has 7 heteroatoms. The zero-order valence-electron chi connectivity index (χ0n) is 5.31. The van der Waals surface area contributed by atoms with Crippen molar-refractivity contribution >= 4 is 13.8 Å². The summed E-state index contributed by atoms with van der Waals surface area (Å²) in [5.74, 6) is -0.979. The maximum absolute atomic E-state index is 10.4. The third-order valence-corrected chi connectivity index (χ3v) is 1.51. The van der Waals surface area contributed by atoms with Crippen LogP contribution in [0.1, 0.15) is 0 Å². The van der Waals surface area contributed by atoms with Crippen molar-refractivity contribution in [3.63, 3.8) is 0 Å². The molecule has 6 nitrogen and oxygen atoms in total. The van der Waals surface area contributed by atoms with Gasteiger partial charge in [-0.1, -0.05) is 0 Å². The molecule has 1 atom stereocenters. The average molecular weight is 169 g/mol. The van der Waals surface area contributed by atoms with Crippen LogP contribution in [0.15, 0.2) is 0 Å². The number of carbonyl (C=O) groups is 1. The largest absolute Gasteiger partial charge is 0.529 e. The van der Waals surface area contributed by atoms with Gasteiger partial charge in [-0.15, -0.1) is 0 Å². The minimum absolute atomic E-state index is 0.450. The lowest BCUT2D eigenvalue weighted by molar-refractivity contribution is -0.134. The smallest absolute Gasteiger partial charge is 0.370 e. The lowest BCUT2D eigenvalue weighted by Crippen LogP contribution is -2.15. The van der Waals surface area contributed by atoms with Gasteiger partial charge in [0.05, 0.1) is 6.54 Å². The van der Waals surface area contributed by atoms with E-state index in [4.69, 9.17) is 10.6 Å². The van der Waals surface area contributed by atoms with E-state index in [1.807, 2.05) is 0 Å². The fourth-order valence-electron chi connectivity index (χ4n) is 0.203. The number of hydrogen-bond donors (Lipinski definition) is 2. The summed E-state index contributed by atoms with van der Waals surface area (Å²) in [4.78, 5) is 18.7. The van der Waals surface area contributed by atoms with Crippen LogP contribution in [0.25, 0.3) is 0 Å². The molecule has 0 aromatic carbocycles.